The Labute approximate surface area is 66.6 Å². The molecule has 0 aliphatic heterocycles. The fraction of sp³-hybridized carbons (Fsp3) is 0.889. The van der Waals surface area contributed by atoms with Gasteiger partial charge < -0.3 is 5.11 Å². The molecule has 11 heavy (non-hydrogen) atoms. The first kappa shape index (κ1) is 7.14. The highest BCUT2D eigenvalue weighted by atomic mass is 16.4. The summed E-state index contributed by atoms with van der Waals surface area (Å²) < 4.78 is 0. The van der Waals surface area contributed by atoms with E-state index in [2.05, 4.69) is 0 Å². The standard InChI is InChI=1S/C9H14O2/c10-8(11)6-9(4-5-9)7-2-1-3-7/h7H,1-6H2,(H,10,11). The Kier molecular flexibility index (Phi) is 1.44. The van der Waals surface area contributed by atoms with Gasteiger partial charge in [0.2, 0.25) is 0 Å². The quantitative estimate of drug-likeness (QED) is 0.675. The van der Waals surface area contributed by atoms with Crippen molar-refractivity contribution in [2.24, 2.45) is 11.3 Å². The minimum absolute atomic E-state index is 0.268. The molecule has 0 radical (unpaired) electrons. The fourth-order valence-corrected chi connectivity index (χ4v) is 2.21. The molecule has 2 rings (SSSR count). The number of hydrogen-bond acceptors (Lipinski definition) is 1. The SMILES string of the molecule is O=C(O)CC1(C2CCC2)CC1. The second-order valence-corrected chi connectivity index (χ2v) is 4.06. The molecule has 0 amide bonds. The van der Waals surface area contributed by atoms with Crippen LogP contribution in [0.3, 0.4) is 0 Å². The van der Waals surface area contributed by atoms with Crippen LogP contribution >= 0.6 is 0 Å². The third kappa shape index (κ3) is 1.15. The number of carboxylic acid groups (broad SMARTS) is 1. The summed E-state index contributed by atoms with van der Waals surface area (Å²) in [5.41, 5.74) is 0.268. The lowest BCUT2D eigenvalue weighted by Crippen LogP contribution is -2.25. The Morgan fingerprint density at radius 1 is 1.45 bits per heavy atom. The van der Waals surface area contributed by atoms with Crippen molar-refractivity contribution in [2.45, 2.75) is 38.5 Å². The van der Waals surface area contributed by atoms with Gasteiger partial charge in [-0.3, -0.25) is 4.79 Å². The summed E-state index contributed by atoms with van der Waals surface area (Å²) in [6.07, 6.45) is 6.66. The van der Waals surface area contributed by atoms with Crippen LogP contribution in [-0.4, -0.2) is 11.1 Å². The lowest BCUT2D eigenvalue weighted by atomic mass is 9.72. The van der Waals surface area contributed by atoms with E-state index in [-0.39, 0.29) is 5.41 Å². The number of carbonyl (C=O) groups is 1. The minimum atomic E-state index is -0.602. The van der Waals surface area contributed by atoms with E-state index >= 15 is 0 Å². The van der Waals surface area contributed by atoms with Crippen molar-refractivity contribution in [1.29, 1.82) is 0 Å². The van der Waals surface area contributed by atoms with Gasteiger partial charge in [-0.2, -0.15) is 0 Å². The third-order valence-corrected chi connectivity index (χ3v) is 3.37. The molecule has 0 bridgehead atoms. The lowest BCUT2D eigenvalue weighted by Gasteiger charge is -2.33. The molecule has 0 spiro atoms. The average molecular weight is 154 g/mol. The highest BCUT2D eigenvalue weighted by Crippen LogP contribution is 2.60. The molecule has 2 aliphatic rings. The van der Waals surface area contributed by atoms with Crippen LogP contribution in [0.2, 0.25) is 0 Å². The Morgan fingerprint density at radius 3 is 2.36 bits per heavy atom. The fourth-order valence-electron chi connectivity index (χ4n) is 2.21. The number of carboxylic acids is 1. The molecule has 2 nitrogen and oxygen atoms in total. The molecule has 2 saturated carbocycles. The zero-order valence-corrected chi connectivity index (χ0v) is 6.68. The summed E-state index contributed by atoms with van der Waals surface area (Å²) in [4.78, 5) is 10.5. The van der Waals surface area contributed by atoms with Crippen LogP contribution in [0.4, 0.5) is 0 Å². The summed E-state index contributed by atoms with van der Waals surface area (Å²) in [5, 5.41) is 8.66. The smallest absolute Gasteiger partial charge is 0.303 e. The molecule has 0 aromatic rings. The summed E-state index contributed by atoms with van der Waals surface area (Å²) in [6.45, 7) is 0. The monoisotopic (exact) mass is 154 g/mol. The Balaban J connectivity index is 1.93. The molecular weight excluding hydrogens is 140 g/mol. The van der Waals surface area contributed by atoms with Gasteiger partial charge in [-0.1, -0.05) is 6.42 Å². The van der Waals surface area contributed by atoms with Crippen LogP contribution < -0.4 is 0 Å². The van der Waals surface area contributed by atoms with Crippen molar-refractivity contribution in [3.63, 3.8) is 0 Å². The van der Waals surface area contributed by atoms with Gasteiger partial charge in [-0.25, -0.2) is 0 Å². The summed E-state index contributed by atoms with van der Waals surface area (Å²) in [7, 11) is 0. The van der Waals surface area contributed by atoms with Gasteiger partial charge in [0.25, 0.3) is 0 Å². The summed E-state index contributed by atoms with van der Waals surface area (Å²) in [6, 6.07) is 0. The van der Waals surface area contributed by atoms with Crippen molar-refractivity contribution >= 4 is 5.97 Å². The van der Waals surface area contributed by atoms with Crippen molar-refractivity contribution < 1.29 is 9.90 Å². The van der Waals surface area contributed by atoms with E-state index in [0.717, 1.165) is 5.92 Å². The second kappa shape index (κ2) is 2.23. The van der Waals surface area contributed by atoms with Gasteiger partial charge in [0, 0.05) is 0 Å². The van der Waals surface area contributed by atoms with E-state index in [4.69, 9.17) is 5.11 Å². The maximum absolute atomic E-state index is 10.5. The molecule has 0 heterocycles. The highest BCUT2D eigenvalue weighted by molar-refractivity contribution is 5.68. The lowest BCUT2D eigenvalue weighted by molar-refractivity contribution is -0.139. The van der Waals surface area contributed by atoms with Gasteiger partial charge >= 0.3 is 5.97 Å². The van der Waals surface area contributed by atoms with Crippen molar-refractivity contribution in [3.8, 4) is 0 Å². The van der Waals surface area contributed by atoms with E-state index in [9.17, 15) is 4.79 Å². The van der Waals surface area contributed by atoms with Gasteiger partial charge in [-0.05, 0) is 37.0 Å². The van der Waals surface area contributed by atoms with Crippen LogP contribution in [0.5, 0.6) is 0 Å². The molecule has 2 fully saturated rings. The predicted octanol–water partition coefficient (Wildman–Crippen LogP) is 2.04. The van der Waals surface area contributed by atoms with E-state index < -0.39 is 5.97 Å². The third-order valence-electron chi connectivity index (χ3n) is 3.37. The number of aliphatic carboxylic acids is 1. The first-order valence-electron chi connectivity index (χ1n) is 4.45. The topological polar surface area (TPSA) is 37.3 Å². The molecule has 62 valence electrons. The Bertz CT molecular complexity index is 178. The molecule has 2 heteroatoms. The van der Waals surface area contributed by atoms with Crippen LogP contribution in [0.15, 0.2) is 0 Å². The molecule has 0 atom stereocenters. The van der Waals surface area contributed by atoms with E-state index in [1.165, 1.54) is 32.1 Å². The maximum Gasteiger partial charge on any atom is 0.303 e. The molecule has 0 aromatic heterocycles. The molecule has 0 unspecified atom stereocenters. The zero-order chi connectivity index (χ0) is 7.90. The first-order chi connectivity index (χ1) is 5.23. The predicted molar refractivity (Wildman–Crippen MR) is 41.3 cm³/mol. The van der Waals surface area contributed by atoms with E-state index in [1.54, 1.807) is 0 Å². The van der Waals surface area contributed by atoms with Gasteiger partial charge in [0.15, 0.2) is 0 Å². The number of rotatable bonds is 3. The van der Waals surface area contributed by atoms with Crippen molar-refractivity contribution in [2.75, 3.05) is 0 Å². The van der Waals surface area contributed by atoms with Crippen molar-refractivity contribution in [1.82, 2.24) is 0 Å². The minimum Gasteiger partial charge on any atom is -0.481 e. The number of hydrogen-bond donors (Lipinski definition) is 1. The first-order valence-corrected chi connectivity index (χ1v) is 4.45. The van der Waals surface area contributed by atoms with Gasteiger partial charge in [0.1, 0.15) is 0 Å². The van der Waals surface area contributed by atoms with Crippen LogP contribution in [-0.2, 0) is 4.79 Å². The van der Waals surface area contributed by atoms with Gasteiger partial charge in [0.05, 0.1) is 6.42 Å². The van der Waals surface area contributed by atoms with Gasteiger partial charge in [-0.15, -0.1) is 0 Å². The molecule has 0 saturated heterocycles. The average Bonchev–Trinajstić information content (AvgIpc) is 2.40. The molecule has 2 aliphatic carbocycles. The Hall–Kier alpha value is -0.530. The molecular formula is C9H14O2. The van der Waals surface area contributed by atoms with Crippen LogP contribution in [0.1, 0.15) is 38.5 Å². The van der Waals surface area contributed by atoms with Crippen molar-refractivity contribution in [3.05, 3.63) is 0 Å². The molecule has 0 aromatic carbocycles. The molecule has 1 N–H and O–H groups in total. The summed E-state index contributed by atoms with van der Waals surface area (Å²) >= 11 is 0. The largest absolute Gasteiger partial charge is 0.481 e. The van der Waals surface area contributed by atoms with Crippen LogP contribution in [0, 0.1) is 11.3 Å². The zero-order valence-electron chi connectivity index (χ0n) is 6.68. The maximum atomic E-state index is 10.5. The van der Waals surface area contributed by atoms with E-state index in [0.29, 0.717) is 6.42 Å². The second-order valence-electron chi connectivity index (χ2n) is 4.06. The van der Waals surface area contributed by atoms with Crippen LogP contribution in [0.25, 0.3) is 0 Å². The highest BCUT2D eigenvalue weighted by Gasteiger charge is 2.51. The van der Waals surface area contributed by atoms with E-state index in [1.807, 2.05) is 0 Å². The normalized spacial score (nSPS) is 27.6. The Morgan fingerprint density at radius 2 is 2.09 bits per heavy atom. The summed E-state index contributed by atoms with van der Waals surface area (Å²) in [5.74, 6) is 0.160.